The largest absolute Gasteiger partial charge is 0.494 e. The second-order valence-corrected chi connectivity index (χ2v) is 7.92. The van der Waals surface area contributed by atoms with Crippen molar-refractivity contribution in [1.82, 2.24) is 5.32 Å². The lowest BCUT2D eigenvalue weighted by Crippen LogP contribution is -2.44. The standard InChI is InChI=1S/C24H28N2O5/c1-24(2,3)31-23(28)26-21(22(27)30-17-18-9-5-4-6-10-18)13-8-14-29-20-12-7-11-19(15-20)16-25/h4-7,9-12,15,21H,8,13-14,17H2,1-3H3,(H,26,28)/t21-/m1/s1. The lowest BCUT2D eigenvalue weighted by molar-refractivity contribution is -0.147. The van der Waals surface area contributed by atoms with Crippen LogP contribution >= 0.6 is 0 Å². The number of esters is 1. The number of ether oxygens (including phenoxy) is 3. The lowest BCUT2D eigenvalue weighted by Gasteiger charge is -2.23. The summed E-state index contributed by atoms with van der Waals surface area (Å²) in [5.41, 5.74) is 0.677. The van der Waals surface area contributed by atoms with Crippen molar-refractivity contribution in [3.63, 3.8) is 0 Å². The Labute approximate surface area is 182 Å². The van der Waals surface area contributed by atoms with Crippen molar-refractivity contribution in [3.05, 3.63) is 65.7 Å². The Morgan fingerprint density at radius 2 is 1.84 bits per heavy atom. The molecular weight excluding hydrogens is 396 g/mol. The van der Waals surface area contributed by atoms with Crippen LogP contribution in [0.2, 0.25) is 0 Å². The molecule has 0 bridgehead atoms. The molecular formula is C24H28N2O5. The van der Waals surface area contributed by atoms with Gasteiger partial charge in [0.25, 0.3) is 0 Å². The van der Waals surface area contributed by atoms with Crippen LogP contribution in [0.25, 0.3) is 0 Å². The molecule has 0 radical (unpaired) electrons. The molecule has 0 aromatic heterocycles. The fourth-order valence-electron chi connectivity index (χ4n) is 2.66. The Kier molecular flexibility index (Phi) is 8.89. The molecule has 0 aliphatic rings. The molecule has 7 nitrogen and oxygen atoms in total. The first-order chi connectivity index (χ1) is 14.8. The van der Waals surface area contributed by atoms with Crippen LogP contribution in [0.1, 0.15) is 44.7 Å². The lowest BCUT2D eigenvalue weighted by atomic mass is 10.1. The van der Waals surface area contributed by atoms with Crippen LogP contribution in [0.5, 0.6) is 5.75 Å². The summed E-state index contributed by atoms with van der Waals surface area (Å²) in [6.07, 6.45) is 0.111. The zero-order valence-electron chi connectivity index (χ0n) is 18.1. The van der Waals surface area contributed by atoms with Gasteiger partial charge in [-0.15, -0.1) is 0 Å². The van der Waals surface area contributed by atoms with Crippen molar-refractivity contribution >= 4 is 12.1 Å². The minimum atomic E-state index is -0.868. The third kappa shape index (κ3) is 9.22. The van der Waals surface area contributed by atoms with Crippen molar-refractivity contribution in [2.75, 3.05) is 6.61 Å². The maximum Gasteiger partial charge on any atom is 0.408 e. The maximum atomic E-state index is 12.6. The number of amides is 1. The first-order valence-corrected chi connectivity index (χ1v) is 10.1. The summed E-state index contributed by atoms with van der Waals surface area (Å²) in [4.78, 5) is 24.8. The molecule has 0 unspecified atom stereocenters. The van der Waals surface area contributed by atoms with Gasteiger partial charge in [0.2, 0.25) is 0 Å². The van der Waals surface area contributed by atoms with E-state index in [9.17, 15) is 9.59 Å². The fraction of sp³-hybridized carbons (Fsp3) is 0.375. The van der Waals surface area contributed by atoms with Gasteiger partial charge in [0.15, 0.2) is 0 Å². The van der Waals surface area contributed by atoms with E-state index in [2.05, 4.69) is 11.4 Å². The number of rotatable bonds is 9. The number of benzene rings is 2. The first kappa shape index (κ1) is 23.7. The molecule has 2 rings (SSSR count). The zero-order valence-corrected chi connectivity index (χ0v) is 18.1. The van der Waals surface area contributed by atoms with Crippen molar-refractivity contribution in [2.24, 2.45) is 0 Å². The average Bonchev–Trinajstić information content (AvgIpc) is 2.73. The Morgan fingerprint density at radius 1 is 1.10 bits per heavy atom. The van der Waals surface area contributed by atoms with E-state index in [1.807, 2.05) is 30.3 Å². The summed E-state index contributed by atoms with van der Waals surface area (Å²) in [7, 11) is 0. The summed E-state index contributed by atoms with van der Waals surface area (Å²) in [5.74, 6) is 0.0311. The number of alkyl carbamates (subject to hydrolysis) is 1. The third-order valence-electron chi connectivity index (χ3n) is 4.07. The Hall–Kier alpha value is -3.53. The van der Waals surface area contributed by atoms with Crippen LogP contribution in [-0.2, 0) is 20.9 Å². The van der Waals surface area contributed by atoms with Gasteiger partial charge >= 0.3 is 12.1 Å². The number of hydrogen-bond acceptors (Lipinski definition) is 6. The van der Waals surface area contributed by atoms with E-state index in [1.165, 1.54) is 0 Å². The summed E-state index contributed by atoms with van der Waals surface area (Å²) in [6, 6.07) is 17.3. The van der Waals surface area contributed by atoms with Crippen LogP contribution in [0.4, 0.5) is 4.79 Å². The van der Waals surface area contributed by atoms with Gasteiger partial charge < -0.3 is 19.5 Å². The second kappa shape index (κ2) is 11.6. The molecule has 0 saturated carbocycles. The highest BCUT2D eigenvalue weighted by Crippen LogP contribution is 2.14. The zero-order chi connectivity index (χ0) is 22.7. The molecule has 1 amide bonds. The molecule has 1 N–H and O–H groups in total. The molecule has 0 aliphatic heterocycles. The SMILES string of the molecule is CC(C)(C)OC(=O)N[C@H](CCCOc1cccc(C#N)c1)C(=O)OCc1ccccc1. The Bertz CT molecular complexity index is 900. The molecule has 7 heteroatoms. The van der Waals surface area contributed by atoms with Gasteiger partial charge in [-0.2, -0.15) is 5.26 Å². The second-order valence-electron chi connectivity index (χ2n) is 7.92. The van der Waals surface area contributed by atoms with E-state index in [1.54, 1.807) is 45.0 Å². The molecule has 0 aliphatic carbocycles. The third-order valence-corrected chi connectivity index (χ3v) is 4.07. The summed E-state index contributed by atoms with van der Waals surface area (Å²) in [6.45, 7) is 5.67. The average molecular weight is 424 g/mol. The van der Waals surface area contributed by atoms with Crippen molar-refractivity contribution in [3.8, 4) is 11.8 Å². The fourth-order valence-corrected chi connectivity index (χ4v) is 2.66. The van der Waals surface area contributed by atoms with E-state index in [0.29, 0.717) is 30.8 Å². The van der Waals surface area contributed by atoms with Gasteiger partial charge in [-0.3, -0.25) is 0 Å². The van der Waals surface area contributed by atoms with E-state index in [4.69, 9.17) is 19.5 Å². The smallest absolute Gasteiger partial charge is 0.408 e. The number of nitrogens with zero attached hydrogens (tertiary/aromatic N) is 1. The van der Waals surface area contributed by atoms with E-state index < -0.39 is 23.7 Å². The summed E-state index contributed by atoms with van der Waals surface area (Å²) in [5, 5.41) is 11.5. The topological polar surface area (TPSA) is 97.6 Å². The maximum absolute atomic E-state index is 12.6. The predicted octanol–water partition coefficient (Wildman–Crippen LogP) is 4.35. The number of carbonyl (C=O) groups excluding carboxylic acids is 2. The van der Waals surface area contributed by atoms with Crippen LogP contribution in [0.3, 0.4) is 0 Å². The molecule has 0 saturated heterocycles. The minimum Gasteiger partial charge on any atom is -0.494 e. The molecule has 31 heavy (non-hydrogen) atoms. The number of nitriles is 1. The molecule has 1 atom stereocenters. The monoisotopic (exact) mass is 424 g/mol. The van der Waals surface area contributed by atoms with Crippen LogP contribution in [0, 0.1) is 11.3 Å². The molecule has 0 spiro atoms. The molecule has 0 fully saturated rings. The highest BCUT2D eigenvalue weighted by molar-refractivity contribution is 5.81. The van der Waals surface area contributed by atoms with Crippen LogP contribution in [-0.4, -0.2) is 30.3 Å². The van der Waals surface area contributed by atoms with Crippen molar-refractivity contribution in [2.45, 2.75) is 51.9 Å². The normalized spacial score (nSPS) is 11.7. The van der Waals surface area contributed by atoms with Gasteiger partial charge in [0, 0.05) is 0 Å². The van der Waals surface area contributed by atoms with Gasteiger partial charge in [0.1, 0.15) is 24.0 Å². The highest BCUT2D eigenvalue weighted by Gasteiger charge is 2.25. The van der Waals surface area contributed by atoms with E-state index in [0.717, 1.165) is 5.56 Å². The molecule has 2 aromatic carbocycles. The summed E-state index contributed by atoms with van der Waals surface area (Å²) >= 11 is 0. The number of carbonyl (C=O) groups is 2. The minimum absolute atomic E-state index is 0.115. The van der Waals surface area contributed by atoms with Crippen LogP contribution in [0.15, 0.2) is 54.6 Å². The first-order valence-electron chi connectivity index (χ1n) is 10.1. The number of nitrogens with one attached hydrogen (secondary N) is 1. The molecule has 2 aromatic rings. The summed E-state index contributed by atoms with van der Waals surface area (Å²) < 4.78 is 16.3. The van der Waals surface area contributed by atoms with Gasteiger partial charge in [-0.25, -0.2) is 9.59 Å². The number of hydrogen-bond donors (Lipinski definition) is 1. The Morgan fingerprint density at radius 3 is 2.52 bits per heavy atom. The van der Waals surface area contributed by atoms with Crippen molar-refractivity contribution in [1.29, 1.82) is 5.26 Å². The van der Waals surface area contributed by atoms with Gasteiger partial charge in [-0.1, -0.05) is 36.4 Å². The van der Waals surface area contributed by atoms with Crippen LogP contribution < -0.4 is 10.1 Å². The van der Waals surface area contributed by atoms with E-state index in [-0.39, 0.29) is 6.61 Å². The quantitative estimate of drug-likeness (QED) is 0.475. The van der Waals surface area contributed by atoms with Gasteiger partial charge in [-0.05, 0) is 57.4 Å². The Balaban J connectivity index is 1.91. The molecule has 0 heterocycles. The highest BCUT2D eigenvalue weighted by atomic mass is 16.6. The van der Waals surface area contributed by atoms with E-state index >= 15 is 0 Å². The predicted molar refractivity (Wildman–Crippen MR) is 115 cm³/mol. The van der Waals surface area contributed by atoms with Crippen molar-refractivity contribution < 1.29 is 23.8 Å². The molecule has 164 valence electrons. The van der Waals surface area contributed by atoms with Gasteiger partial charge in [0.05, 0.1) is 18.2 Å².